The molecule has 2 heteroatoms. The number of carbonyl (C=O) groups excluding carboxylic acids is 1. The third kappa shape index (κ3) is 2.44. The molecule has 1 aromatic rings. The van der Waals surface area contributed by atoms with Crippen LogP contribution in [0.25, 0.3) is 0 Å². The fourth-order valence-electron chi connectivity index (χ4n) is 1.28. The SMILES string of the molecule is CC=C=C[C@](O)(C(C)=O)c1ccccc1. The number of aliphatic hydroxyl groups is 1. The summed E-state index contributed by atoms with van der Waals surface area (Å²) in [6, 6.07) is 8.84. The summed E-state index contributed by atoms with van der Waals surface area (Å²) in [5.74, 6) is -0.317. The summed E-state index contributed by atoms with van der Waals surface area (Å²) in [6.07, 6.45) is 3.03. The van der Waals surface area contributed by atoms with Crippen LogP contribution in [0.15, 0.2) is 48.2 Å². The molecule has 1 rings (SSSR count). The number of ketones is 1. The summed E-state index contributed by atoms with van der Waals surface area (Å²) >= 11 is 0. The molecule has 0 fully saturated rings. The normalized spacial score (nSPS) is 13.5. The summed E-state index contributed by atoms with van der Waals surface area (Å²) in [7, 11) is 0. The second-order valence-corrected chi connectivity index (χ2v) is 3.29. The molecule has 1 atom stereocenters. The van der Waals surface area contributed by atoms with Gasteiger partial charge < -0.3 is 5.11 Å². The molecule has 2 nitrogen and oxygen atoms in total. The maximum absolute atomic E-state index is 11.4. The van der Waals surface area contributed by atoms with Crippen LogP contribution in [0.4, 0.5) is 0 Å². The van der Waals surface area contributed by atoms with Crippen LogP contribution in [0, 0.1) is 0 Å². The average Bonchev–Trinajstić information content (AvgIpc) is 2.27. The lowest BCUT2D eigenvalue weighted by Gasteiger charge is -2.20. The van der Waals surface area contributed by atoms with Crippen molar-refractivity contribution in [2.45, 2.75) is 19.4 Å². The Morgan fingerprint density at radius 2 is 2.00 bits per heavy atom. The first kappa shape index (κ1) is 11.4. The van der Waals surface area contributed by atoms with Gasteiger partial charge in [-0.1, -0.05) is 30.3 Å². The predicted octanol–water partition coefficient (Wildman–Crippen LogP) is 2.19. The lowest BCUT2D eigenvalue weighted by molar-refractivity contribution is -0.131. The molecule has 1 N–H and O–H groups in total. The molecule has 0 aliphatic heterocycles. The molecular weight excluding hydrogens is 188 g/mol. The van der Waals surface area contributed by atoms with Crippen LogP contribution in [0.2, 0.25) is 0 Å². The van der Waals surface area contributed by atoms with Crippen molar-refractivity contribution in [1.29, 1.82) is 0 Å². The zero-order chi connectivity index (χ0) is 11.3. The third-order valence-electron chi connectivity index (χ3n) is 2.21. The topological polar surface area (TPSA) is 37.3 Å². The molecule has 0 aromatic heterocycles. The van der Waals surface area contributed by atoms with Gasteiger partial charge in [0.2, 0.25) is 0 Å². The molecule has 15 heavy (non-hydrogen) atoms. The largest absolute Gasteiger partial charge is 0.373 e. The Bertz CT molecular complexity index is 400. The number of hydrogen-bond acceptors (Lipinski definition) is 2. The first-order valence-electron chi connectivity index (χ1n) is 4.78. The summed E-state index contributed by atoms with van der Waals surface area (Å²) in [5.41, 5.74) is 1.75. The van der Waals surface area contributed by atoms with Gasteiger partial charge in [0.05, 0.1) is 0 Å². The van der Waals surface area contributed by atoms with Crippen molar-refractivity contribution in [3.8, 4) is 0 Å². The van der Waals surface area contributed by atoms with Gasteiger partial charge in [-0.2, -0.15) is 0 Å². The Kier molecular flexibility index (Phi) is 3.62. The number of carbonyl (C=O) groups is 1. The van der Waals surface area contributed by atoms with Crippen molar-refractivity contribution in [3.05, 3.63) is 53.8 Å². The van der Waals surface area contributed by atoms with E-state index in [0.29, 0.717) is 5.56 Å². The Morgan fingerprint density at radius 3 is 2.47 bits per heavy atom. The fraction of sp³-hybridized carbons (Fsp3) is 0.231. The Labute approximate surface area is 89.6 Å². The van der Waals surface area contributed by atoms with Crippen LogP contribution in [0.3, 0.4) is 0 Å². The number of rotatable bonds is 3. The molecule has 0 aliphatic carbocycles. The van der Waals surface area contributed by atoms with Crippen molar-refractivity contribution in [2.75, 3.05) is 0 Å². The monoisotopic (exact) mass is 202 g/mol. The van der Waals surface area contributed by atoms with Gasteiger partial charge in [-0.05, 0) is 25.5 Å². The maximum Gasteiger partial charge on any atom is 0.173 e. The van der Waals surface area contributed by atoms with E-state index in [-0.39, 0.29) is 5.78 Å². The molecular formula is C13H14O2. The van der Waals surface area contributed by atoms with Crippen molar-refractivity contribution >= 4 is 5.78 Å². The van der Waals surface area contributed by atoms with Crippen molar-refractivity contribution < 1.29 is 9.90 Å². The van der Waals surface area contributed by atoms with Crippen LogP contribution in [-0.4, -0.2) is 10.9 Å². The lowest BCUT2D eigenvalue weighted by Crippen LogP contribution is -2.31. The average molecular weight is 202 g/mol. The molecule has 1 aromatic carbocycles. The van der Waals surface area contributed by atoms with Gasteiger partial charge in [-0.15, -0.1) is 5.73 Å². The van der Waals surface area contributed by atoms with E-state index in [2.05, 4.69) is 5.73 Å². The highest BCUT2D eigenvalue weighted by Gasteiger charge is 2.31. The quantitative estimate of drug-likeness (QED) is 0.763. The first-order chi connectivity index (χ1) is 7.11. The standard InChI is InChI=1S/C13H14O2/c1-3-4-10-13(15,11(2)14)12-8-6-5-7-9-12/h3,5-10,15H,1-2H3/t4?,13-/m0/s1. The van der Waals surface area contributed by atoms with Gasteiger partial charge in [-0.25, -0.2) is 0 Å². The molecule has 0 bridgehead atoms. The molecule has 0 saturated carbocycles. The van der Waals surface area contributed by atoms with E-state index < -0.39 is 5.60 Å². The minimum absolute atomic E-state index is 0.317. The van der Waals surface area contributed by atoms with E-state index in [4.69, 9.17) is 0 Å². The van der Waals surface area contributed by atoms with Crippen LogP contribution >= 0.6 is 0 Å². The molecule has 0 radical (unpaired) electrons. The van der Waals surface area contributed by atoms with E-state index in [1.807, 2.05) is 6.07 Å². The van der Waals surface area contributed by atoms with E-state index in [1.165, 1.54) is 13.0 Å². The van der Waals surface area contributed by atoms with E-state index in [0.717, 1.165) is 0 Å². The molecule has 78 valence electrons. The Morgan fingerprint density at radius 1 is 1.40 bits per heavy atom. The molecule has 0 saturated heterocycles. The van der Waals surface area contributed by atoms with Crippen molar-refractivity contribution in [2.24, 2.45) is 0 Å². The zero-order valence-electron chi connectivity index (χ0n) is 8.90. The first-order valence-corrected chi connectivity index (χ1v) is 4.78. The maximum atomic E-state index is 11.4. The van der Waals surface area contributed by atoms with Gasteiger partial charge >= 0.3 is 0 Å². The van der Waals surface area contributed by atoms with Gasteiger partial charge in [-0.3, -0.25) is 4.79 Å². The highest BCUT2D eigenvalue weighted by molar-refractivity contribution is 5.88. The summed E-state index contributed by atoms with van der Waals surface area (Å²) in [6.45, 7) is 3.14. The molecule has 0 heterocycles. The molecule has 0 amide bonds. The van der Waals surface area contributed by atoms with Gasteiger partial charge in [0.25, 0.3) is 0 Å². The smallest absolute Gasteiger partial charge is 0.173 e. The summed E-state index contributed by atoms with van der Waals surface area (Å²) < 4.78 is 0. The summed E-state index contributed by atoms with van der Waals surface area (Å²) in [4.78, 5) is 11.4. The molecule has 0 unspecified atom stereocenters. The van der Waals surface area contributed by atoms with Gasteiger partial charge in [0.1, 0.15) is 0 Å². The third-order valence-corrected chi connectivity index (χ3v) is 2.21. The van der Waals surface area contributed by atoms with Crippen molar-refractivity contribution in [3.63, 3.8) is 0 Å². The fourth-order valence-corrected chi connectivity index (χ4v) is 1.28. The van der Waals surface area contributed by atoms with Gasteiger partial charge in [0.15, 0.2) is 11.4 Å². The van der Waals surface area contributed by atoms with E-state index in [1.54, 1.807) is 37.3 Å². The molecule has 0 spiro atoms. The minimum atomic E-state index is -1.56. The Hall–Kier alpha value is -1.63. The van der Waals surface area contributed by atoms with Gasteiger partial charge in [0, 0.05) is 6.08 Å². The van der Waals surface area contributed by atoms with Crippen LogP contribution in [0.1, 0.15) is 19.4 Å². The summed E-state index contributed by atoms with van der Waals surface area (Å²) in [5, 5.41) is 10.2. The minimum Gasteiger partial charge on any atom is -0.373 e. The van der Waals surface area contributed by atoms with Crippen LogP contribution in [0.5, 0.6) is 0 Å². The Balaban J connectivity index is 3.25. The van der Waals surface area contributed by atoms with Crippen LogP contribution < -0.4 is 0 Å². The molecule has 0 aliphatic rings. The number of Topliss-reactive ketones (excluding diaryl/α,β-unsaturated/α-hetero) is 1. The number of benzene rings is 1. The second kappa shape index (κ2) is 4.74. The van der Waals surface area contributed by atoms with E-state index >= 15 is 0 Å². The highest BCUT2D eigenvalue weighted by atomic mass is 16.3. The number of hydrogen-bond donors (Lipinski definition) is 1. The zero-order valence-corrected chi connectivity index (χ0v) is 8.90. The van der Waals surface area contributed by atoms with Crippen LogP contribution in [-0.2, 0) is 10.4 Å². The van der Waals surface area contributed by atoms with E-state index in [9.17, 15) is 9.90 Å². The highest BCUT2D eigenvalue weighted by Crippen LogP contribution is 2.23. The predicted molar refractivity (Wildman–Crippen MR) is 59.3 cm³/mol. The second-order valence-electron chi connectivity index (χ2n) is 3.29. The van der Waals surface area contributed by atoms with Crippen molar-refractivity contribution in [1.82, 2.24) is 0 Å². The lowest BCUT2D eigenvalue weighted by atomic mass is 9.90.